The number of benzene rings is 2. The Bertz CT molecular complexity index is 1450. The van der Waals surface area contributed by atoms with Crippen LogP contribution in [0.2, 0.25) is 0 Å². The van der Waals surface area contributed by atoms with Gasteiger partial charge in [-0.1, -0.05) is 29.8 Å². The minimum absolute atomic E-state index is 0.0318. The zero-order valence-corrected chi connectivity index (χ0v) is 20.4. The van der Waals surface area contributed by atoms with E-state index in [4.69, 9.17) is 9.84 Å². The summed E-state index contributed by atoms with van der Waals surface area (Å²) in [5.41, 5.74) is 5.12. The molecule has 0 saturated heterocycles. The van der Waals surface area contributed by atoms with E-state index in [2.05, 4.69) is 9.82 Å². The van der Waals surface area contributed by atoms with Crippen molar-refractivity contribution in [2.75, 3.05) is 0 Å². The van der Waals surface area contributed by atoms with Gasteiger partial charge in [0.25, 0.3) is 5.91 Å². The van der Waals surface area contributed by atoms with Gasteiger partial charge in [-0.05, 0) is 48.4 Å². The van der Waals surface area contributed by atoms with E-state index < -0.39 is 12.1 Å². The number of carbonyl (C=O) groups is 3. The van der Waals surface area contributed by atoms with Crippen LogP contribution in [0.3, 0.4) is 0 Å². The van der Waals surface area contributed by atoms with Crippen molar-refractivity contribution in [3.8, 4) is 22.8 Å². The summed E-state index contributed by atoms with van der Waals surface area (Å²) in [4.78, 5) is 43.4. The lowest BCUT2D eigenvalue weighted by atomic mass is 10.0. The fourth-order valence-electron chi connectivity index (χ4n) is 3.52. The van der Waals surface area contributed by atoms with Gasteiger partial charge in [0.15, 0.2) is 0 Å². The standard InChI is InChI=1S/C27H21FN2O6S/c1-16-2-7-23(28)18(10-16)12-20(31)11-17-3-5-21(6-4-17)35-22-8-9-29-24(14-22)19-13-25(37-15-19)26(32)30-36-27(33)34/h2-10,13-15H,11-12H2,1H3,(H,30,32)(H,33,34). The molecular weight excluding hydrogens is 499 g/mol. The first-order chi connectivity index (χ1) is 17.8. The highest BCUT2D eigenvalue weighted by atomic mass is 32.1. The average Bonchev–Trinajstić information content (AvgIpc) is 3.37. The number of aromatic nitrogens is 1. The molecule has 4 aromatic rings. The van der Waals surface area contributed by atoms with Crippen LogP contribution in [0.5, 0.6) is 11.5 Å². The Kier molecular flexibility index (Phi) is 7.89. The number of ether oxygens (including phenoxy) is 1. The van der Waals surface area contributed by atoms with Crippen LogP contribution >= 0.6 is 11.3 Å². The average molecular weight is 521 g/mol. The van der Waals surface area contributed by atoms with E-state index in [1.54, 1.807) is 66.2 Å². The molecule has 1 amide bonds. The number of ketones is 1. The van der Waals surface area contributed by atoms with Crippen LogP contribution < -0.4 is 10.2 Å². The van der Waals surface area contributed by atoms with Gasteiger partial charge in [0, 0.05) is 36.0 Å². The number of thiophene rings is 1. The summed E-state index contributed by atoms with van der Waals surface area (Å²) < 4.78 is 19.9. The summed E-state index contributed by atoms with van der Waals surface area (Å²) in [7, 11) is 0. The van der Waals surface area contributed by atoms with Crippen LogP contribution in [0.15, 0.2) is 72.2 Å². The van der Waals surface area contributed by atoms with Crippen LogP contribution in [0.1, 0.15) is 26.4 Å². The van der Waals surface area contributed by atoms with E-state index in [1.807, 2.05) is 12.4 Å². The number of hydrogen-bond donors (Lipinski definition) is 2. The second kappa shape index (κ2) is 11.4. The van der Waals surface area contributed by atoms with E-state index in [9.17, 15) is 18.8 Å². The van der Waals surface area contributed by atoms with Gasteiger partial charge in [-0.2, -0.15) is 5.48 Å². The molecule has 4 rings (SSSR count). The molecular formula is C27H21FN2O6S. The van der Waals surface area contributed by atoms with Crippen molar-refractivity contribution in [3.05, 3.63) is 99.6 Å². The maximum atomic E-state index is 13.9. The smallest absolute Gasteiger partial charge is 0.457 e. The summed E-state index contributed by atoms with van der Waals surface area (Å²) in [5.74, 6) is -0.0954. The molecule has 2 aromatic heterocycles. The number of carboxylic acid groups (broad SMARTS) is 1. The Morgan fingerprint density at radius 3 is 2.54 bits per heavy atom. The van der Waals surface area contributed by atoms with Crippen molar-refractivity contribution >= 4 is 29.2 Å². The summed E-state index contributed by atoms with van der Waals surface area (Å²) in [6, 6.07) is 16.7. The van der Waals surface area contributed by atoms with Crippen molar-refractivity contribution in [1.29, 1.82) is 0 Å². The zero-order valence-electron chi connectivity index (χ0n) is 19.6. The molecule has 0 saturated carbocycles. The molecule has 2 N–H and O–H groups in total. The number of carbonyl (C=O) groups excluding carboxylic acids is 2. The monoisotopic (exact) mass is 520 g/mol. The zero-order chi connectivity index (χ0) is 26.4. The first-order valence-electron chi connectivity index (χ1n) is 11.1. The highest BCUT2D eigenvalue weighted by molar-refractivity contribution is 7.12. The van der Waals surface area contributed by atoms with Crippen molar-refractivity contribution in [2.24, 2.45) is 0 Å². The Hall–Kier alpha value is -4.57. The topological polar surface area (TPSA) is 115 Å². The molecule has 0 spiro atoms. The van der Waals surface area contributed by atoms with Gasteiger partial charge < -0.3 is 14.7 Å². The lowest BCUT2D eigenvalue weighted by molar-refractivity contribution is -0.117. The van der Waals surface area contributed by atoms with Crippen molar-refractivity contribution < 1.29 is 33.5 Å². The molecule has 0 aliphatic rings. The first-order valence-corrected chi connectivity index (χ1v) is 11.9. The van der Waals surface area contributed by atoms with Gasteiger partial charge in [-0.3, -0.25) is 14.6 Å². The summed E-state index contributed by atoms with van der Waals surface area (Å²) >= 11 is 1.11. The molecule has 0 radical (unpaired) electrons. The van der Waals surface area contributed by atoms with Crippen molar-refractivity contribution in [3.63, 3.8) is 0 Å². The summed E-state index contributed by atoms with van der Waals surface area (Å²) in [6.45, 7) is 1.86. The molecule has 8 nitrogen and oxygen atoms in total. The maximum absolute atomic E-state index is 13.9. The highest BCUT2D eigenvalue weighted by Crippen LogP contribution is 2.29. The number of nitrogens with one attached hydrogen (secondary N) is 1. The van der Waals surface area contributed by atoms with E-state index in [-0.39, 0.29) is 29.3 Å². The molecule has 0 bridgehead atoms. The number of Topliss-reactive ketones (excluding diaryl/α,β-unsaturated/α-hetero) is 1. The lowest BCUT2D eigenvalue weighted by Crippen LogP contribution is -2.25. The molecule has 0 aliphatic carbocycles. The molecule has 10 heteroatoms. The SMILES string of the molecule is Cc1ccc(F)c(CC(=O)Cc2ccc(Oc3ccnc(-c4csc(C(=O)NOC(=O)O)c4)c3)cc2)c1. The highest BCUT2D eigenvalue weighted by Gasteiger charge is 2.14. The minimum Gasteiger partial charge on any atom is -0.457 e. The van der Waals surface area contributed by atoms with E-state index in [0.717, 1.165) is 22.5 Å². The first kappa shape index (κ1) is 25.5. The van der Waals surface area contributed by atoms with Crippen LogP contribution in [0.25, 0.3) is 11.3 Å². The Labute approximate surface area is 215 Å². The lowest BCUT2D eigenvalue weighted by Gasteiger charge is -2.08. The second-order valence-corrected chi connectivity index (χ2v) is 9.02. The summed E-state index contributed by atoms with van der Waals surface area (Å²) in [5, 5.41) is 10.2. The van der Waals surface area contributed by atoms with Gasteiger partial charge in [0.1, 0.15) is 23.1 Å². The second-order valence-electron chi connectivity index (χ2n) is 8.11. The molecule has 2 heterocycles. The Morgan fingerprint density at radius 1 is 1.00 bits per heavy atom. The Balaban J connectivity index is 1.37. The van der Waals surface area contributed by atoms with Crippen LogP contribution in [0, 0.1) is 12.7 Å². The molecule has 0 unspecified atom stereocenters. The fourth-order valence-corrected chi connectivity index (χ4v) is 4.30. The third kappa shape index (κ3) is 6.98. The number of hydrogen-bond acceptors (Lipinski definition) is 7. The van der Waals surface area contributed by atoms with E-state index >= 15 is 0 Å². The van der Waals surface area contributed by atoms with Crippen LogP contribution in [-0.4, -0.2) is 27.9 Å². The summed E-state index contributed by atoms with van der Waals surface area (Å²) in [6.07, 6.45) is 0.157. The van der Waals surface area contributed by atoms with Gasteiger partial charge in [0.05, 0.1) is 10.6 Å². The van der Waals surface area contributed by atoms with Crippen LogP contribution in [-0.2, 0) is 22.5 Å². The molecule has 0 atom stereocenters. The van der Waals surface area contributed by atoms with E-state index in [0.29, 0.717) is 28.3 Å². The molecule has 2 aromatic carbocycles. The minimum atomic E-state index is -1.62. The quantitative estimate of drug-likeness (QED) is 0.285. The van der Waals surface area contributed by atoms with Gasteiger partial charge in [-0.15, -0.1) is 11.3 Å². The van der Waals surface area contributed by atoms with E-state index in [1.165, 1.54) is 6.07 Å². The number of rotatable bonds is 8. The van der Waals surface area contributed by atoms with Gasteiger partial charge >= 0.3 is 6.16 Å². The number of nitrogens with zero attached hydrogens (tertiary/aromatic N) is 1. The number of pyridine rings is 1. The normalized spacial score (nSPS) is 10.5. The van der Waals surface area contributed by atoms with Crippen molar-refractivity contribution in [1.82, 2.24) is 10.5 Å². The van der Waals surface area contributed by atoms with Gasteiger partial charge in [-0.25, -0.2) is 9.18 Å². The number of amides is 1. The largest absolute Gasteiger partial charge is 0.530 e. The molecule has 0 fully saturated rings. The molecule has 0 aliphatic heterocycles. The predicted octanol–water partition coefficient (Wildman–Crippen LogP) is 5.74. The Morgan fingerprint density at radius 2 is 1.78 bits per heavy atom. The van der Waals surface area contributed by atoms with Crippen LogP contribution in [0.4, 0.5) is 9.18 Å². The number of aryl methyl sites for hydroxylation is 1. The third-order valence-corrected chi connectivity index (χ3v) is 6.16. The number of hydroxylamine groups is 1. The predicted molar refractivity (Wildman–Crippen MR) is 134 cm³/mol. The maximum Gasteiger partial charge on any atom is 0.530 e. The molecule has 188 valence electrons. The fraction of sp³-hybridized carbons (Fsp3) is 0.111. The van der Waals surface area contributed by atoms with Crippen molar-refractivity contribution in [2.45, 2.75) is 19.8 Å². The molecule has 37 heavy (non-hydrogen) atoms. The number of halogens is 1. The third-order valence-electron chi connectivity index (χ3n) is 5.23. The van der Waals surface area contributed by atoms with Gasteiger partial charge in [0.2, 0.25) is 0 Å².